The summed E-state index contributed by atoms with van der Waals surface area (Å²) in [6.07, 6.45) is 18.9. The fourth-order valence-corrected chi connectivity index (χ4v) is 1.30. The van der Waals surface area contributed by atoms with Crippen molar-refractivity contribution in [2.45, 2.75) is 58.3 Å². The Morgan fingerprint density at radius 2 is 1.44 bits per heavy atom. The molecule has 0 rings (SSSR count). The van der Waals surface area contributed by atoms with Gasteiger partial charge in [0.15, 0.2) is 0 Å². The molecule has 0 bridgehead atoms. The van der Waals surface area contributed by atoms with Gasteiger partial charge in [-0.1, -0.05) is 56.9 Å². The number of halogens is 1. The van der Waals surface area contributed by atoms with Crippen molar-refractivity contribution < 1.29 is 17.0 Å². The van der Waals surface area contributed by atoms with E-state index in [0.717, 1.165) is 6.42 Å². The molecule has 0 atom stereocenters. The molecule has 0 aromatic rings. The van der Waals surface area contributed by atoms with Crippen molar-refractivity contribution in [1.29, 1.82) is 0 Å². The van der Waals surface area contributed by atoms with E-state index in [-0.39, 0.29) is 40.0 Å². The molecule has 0 aliphatic rings. The van der Waals surface area contributed by atoms with Gasteiger partial charge in [0.25, 0.3) is 0 Å². The predicted molar refractivity (Wildman–Crippen MR) is 72.0 cm³/mol. The van der Waals surface area contributed by atoms with Crippen molar-refractivity contribution in [3.8, 4) is 0 Å². The zero-order chi connectivity index (χ0) is 10.5. The molecule has 0 aliphatic heterocycles. The van der Waals surface area contributed by atoms with Crippen molar-refractivity contribution in [1.82, 2.24) is 0 Å². The molecule has 90 valence electrons. The molecular formula is C14H25BrMg. The second-order valence-electron chi connectivity index (χ2n) is 3.70. The number of allylic oxidation sites excluding steroid dienone is 4. The Bertz CT molecular complexity index is 153. The van der Waals surface area contributed by atoms with E-state index in [9.17, 15) is 0 Å². The SMILES string of the molecule is [Br-].[CH2-]CCC/C=C/C=C/CCCCCC.[Mg+2]. The maximum Gasteiger partial charge on any atom is 2.00 e. The second kappa shape index (κ2) is 21.1. The Balaban J connectivity index is -0.000000845. The number of rotatable bonds is 9. The molecule has 0 radical (unpaired) electrons. The van der Waals surface area contributed by atoms with Gasteiger partial charge in [-0.3, -0.25) is 0 Å². The monoisotopic (exact) mass is 296 g/mol. The third kappa shape index (κ3) is 20.2. The molecule has 0 heterocycles. The van der Waals surface area contributed by atoms with Gasteiger partial charge in [-0.05, 0) is 19.3 Å². The summed E-state index contributed by atoms with van der Waals surface area (Å²) in [6, 6.07) is 0. The normalized spacial score (nSPS) is 10.4. The molecule has 0 nitrogen and oxygen atoms in total. The maximum absolute atomic E-state index is 3.81. The van der Waals surface area contributed by atoms with Crippen LogP contribution in [0.4, 0.5) is 0 Å². The van der Waals surface area contributed by atoms with Crippen LogP contribution in [0.25, 0.3) is 0 Å². The van der Waals surface area contributed by atoms with Crippen LogP contribution in [0.2, 0.25) is 0 Å². The van der Waals surface area contributed by atoms with E-state index >= 15 is 0 Å². The summed E-state index contributed by atoms with van der Waals surface area (Å²) in [5.41, 5.74) is 0. The Morgan fingerprint density at radius 3 is 1.94 bits per heavy atom. The van der Waals surface area contributed by atoms with Crippen LogP contribution in [0.1, 0.15) is 58.3 Å². The van der Waals surface area contributed by atoms with Crippen molar-refractivity contribution in [2.24, 2.45) is 0 Å². The minimum absolute atomic E-state index is 0. The van der Waals surface area contributed by atoms with Gasteiger partial charge in [-0.15, -0.1) is 0 Å². The molecule has 2 heteroatoms. The average Bonchev–Trinajstić information content (AvgIpc) is 2.21. The first-order valence-electron chi connectivity index (χ1n) is 6.02. The van der Waals surface area contributed by atoms with Crippen LogP contribution in [0.3, 0.4) is 0 Å². The van der Waals surface area contributed by atoms with Crippen molar-refractivity contribution in [3.63, 3.8) is 0 Å². The minimum Gasteiger partial charge on any atom is -1.00 e. The molecule has 0 aromatic carbocycles. The first kappa shape index (κ1) is 22.0. The molecule has 0 saturated heterocycles. The molecule has 0 saturated carbocycles. The van der Waals surface area contributed by atoms with E-state index in [1.165, 1.54) is 44.9 Å². The molecule has 0 amide bonds. The van der Waals surface area contributed by atoms with Crippen molar-refractivity contribution in [2.75, 3.05) is 0 Å². The van der Waals surface area contributed by atoms with E-state index in [2.05, 4.69) is 38.2 Å². The van der Waals surface area contributed by atoms with Crippen LogP contribution in [0, 0.1) is 6.92 Å². The Kier molecular flexibility index (Phi) is 28.9. The summed E-state index contributed by atoms with van der Waals surface area (Å²) in [7, 11) is 0. The summed E-state index contributed by atoms with van der Waals surface area (Å²) in [4.78, 5) is 0. The van der Waals surface area contributed by atoms with Gasteiger partial charge in [0.1, 0.15) is 0 Å². The molecule has 0 fully saturated rings. The van der Waals surface area contributed by atoms with E-state index in [1.54, 1.807) is 0 Å². The Hall–Kier alpha value is 0.726. The van der Waals surface area contributed by atoms with E-state index in [1.807, 2.05) is 0 Å². The fraction of sp³-hybridized carbons (Fsp3) is 0.643. The van der Waals surface area contributed by atoms with Crippen LogP contribution < -0.4 is 17.0 Å². The smallest absolute Gasteiger partial charge is 1.00 e. The van der Waals surface area contributed by atoms with Crippen molar-refractivity contribution >= 4 is 23.1 Å². The molecule has 0 aromatic heterocycles. The van der Waals surface area contributed by atoms with Gasteiger partial charge in [-0.2, -0.15) is 6.42 Å². The Labute approximate surface area is 129 Å². The zero-order valence-electron chi connectivity index (χ0n) is 10.8. The van der Waals surface area contributed by atoms with Gasteiger partial charge in [0.2, 0.25) is 0 Å². The number of hydrogen-bond donors (Lipinski definition) is 0. The van der Waals surface area contributed by atoms with Gasteiger partial charge in [0.05, 0.1) is 0 Å². The van der Waals surface area contributed by atoms with Crippen molar-refractivity contribution in [3.05, 3.63) is 31.2 Å². The predicted octanol–water partition coefficient (Wildman–Crippen LogP) is 1.70. The first-order valence-corrected chi connectivity index (χ1v) is 6.02. The van der Waals surface area contributed by atoms with Crippen LogP contribution in [-0.4, -0.2) is 23.1 Å². The topological polar surface area (TPSA) is 0 Å². The number of unbranched alkanes of at least 4 members (excludes halogenated alkanes) is 6. The fourth-order valence-electron chi connectivity index (χ4n) is 1.30. The molecule has 0 N–H and O–H groups in total. The minimum atomic E-state index is 0. The van der Waals surface area contributed by atoms with Gasteiger partial charge >= 0.3 is 23.1 Å². The Morgan fingerprint density at radius 1 is 0.875 bits per heavy atom. The summed E-state index contributed by atoms with van der Waals surface area (Å²) in [5, 5.41) is 0. The van der Waals surface area contributed by atoms with Crippen LogP contribution >= 0.6 is 0 Å². The summed E-state index contributed by atoms with van der Waals surface area (Å²) in [5.74, 6) is 0. The standard InChI is InChI=1S/C14H25.BrH.Mg/c1-3-5-7-9-11-13-14-12-10-8-6-4-2;;/h9,11,13-14H,1,3-8,10,12H2,2H3;1H;/q-1;;+2/p-1/b11-9+,14-13+;;. The van der Waals surface area contributed by atoms with E-state index in [4.69, 9.17) is 0 Å². The molecule has 0 aliphatic carbocycles. The zero-order valence-corrected chi connectivity index (χ0v) is 13.8. The van der Waals surface area contributed by atoms with Crippen LogP contribution in [0.5, 0.6) is 0 Å². The molecule has 0 spiro atoms. The van der Waals surface area contributed by atoms with E-state index < -0.39 is 0 Å². The second-order valence-corrected chi connectivity index (χ2v) is 3.70. The molecule has 0 unspecified atom stereocenters. The third-order valence-corrected chi connectivity index (χ3v) is 2.23. The van der Waals surface area contributed by atoms with Gasteiger partial charge in [-0.25, -0.2) is 0 Å². The largest absolute Gasteiger partial charge is 2.00 e. The van der Waals surface area contributed by atoms with Gasteiger partial charge < -0.3 is 23.9 Å². The summed E-state index contributed by atoms with van der Waals surface area (Å²) in [6.45, 7) is 6.06. The average molecular weight is 298 g/mol. The molecule has 16 heavy (non-hydrogen) atoms. The maximum atomic E-state index is 3.81. The van der Waals surface area contributed by atoms with Gasteiger partial charge in [0, 0.05) is 0 Å². The van der Waals surface area contributed by atoms with Crippen LogP contribution in [0.15, 0.2) is 24.3 Å². The summed E-state index contributed by atoms with van der Waals surface area (Å²) < 4.78 is 0. The van der Waals surface area contributed by atoms with E-state index in [0.29, 0.717) is 0 Å². The molecular weight excluding hydrogens is 272 g/mol. The number of hydrogen-bond acceptors (Lipinski definition) is 0. The first-order chi connectivity index (χ1) is 6.91. The third-order valence-electron chi connectivity index (χ3n) is 2.23. The quantitative estimate of drug-likeness (QED) is 0.263. The van der Waals surface area contributed by atoms with Crippen LogP contribution in [-0.2, 0) is 0 Å². The summed E-state index contributed by atoms with van der Waals surface area (Å²) >= 11 is 0.